The Morgan fingerprint density at radius 3 is 2.80 bits per heavy atom. The molecule has 0 amide bonds. The van der Waals surface area contributed by atoms with Crippen molar-refractivity contribution in [2.75, 3.05) is 0 Å². The number of allylic oxidation sites excluding steroid dienone is 2. The van der Waals surface area contributed by atoms with Crippen LogP contribution in [0, 0.1) is 11.3 Å². The highest BCUT2D eigenvalue weighted by Gasteiger charge is 2.48. The minimum atomic E-state index is -0.766. The second-order valence-electron chi connectivity index (χ2n) is 11.1. The number of aliphatic hydroxyl groups excluding tert-OH is 1. The Bertz CT molecular complexity index is 1440. The Morgan fingerprint density at radius 2 is 2.12 bits per heavy atom. The van der Waals surface area contributed by atoms with Crippen LogP contribution in [0.4, 0.5) is 0 Å². The van der Waals surface area contributed by atoms with Gasteiger partial charge in [-0.05, 0) is 62.1 Å². The maximum atomic E-state index is 13.4. The first-order chi connectivity index (χ1) is 19.7. The Morgan fingerprint density at radius 1 is 1.32 bits per heavy atom. The molecule has 1 atom stereocenters. The number of carbonyl (C=O) groups excluding carboxylic acids is 1. The number of thiazole rings is 1. The highest BCUT2D eigenvalue weighted by atomic mass is 32.1. The highest BCUT2D eigenvalue weighted by molar-refractivity contribution is 7.11. The molecule has 1 unspecified atom stereocenters. The van der Waals surface area contributed by atoms with Crippen LogP contribution in [0.25, 0.3) is 0 Å². The minimum Gasteiger partial charge on any atom is -0.512 e. The molecule has 10 heteroatoms. The third-order valence-electron chi connectivity index (χ3n) is 8.08. The van der Waals surface area contributed by atoms with Crippen molar-refractivity contribution in [1.82, 2.24) is 4.98 Å². The van der Waals surface area contributed by atoms with Crippen molar-refractivity contribution < 1.29 is 24.7 Å². The molecular formula is C31H38N5O4S+. The third-order valence-corrected chi connectivity index (χ3v) is 8.73. The molecule has 1 fully saturated rings. The van der Waals surface area contributed by atoms with E-state index in [0.717, 1.165) is 60.4 Å². The molecule has 3 aliphatic rings. The Balaban J connectivity index is 1.32. The Kier molecular flexibility index (Phi) is 8.79. The van der Waals surface area contributed by atoms with Gasteiger partial charge in [0, 0.05) is 37.4 Å². The second kappa shape index (κ2) is 12.5. The van der Waals surface area contributed by atoms with Crippen molar-refractivity contribution in [1.29, 1.82) is 5.41 Å². The van der Waals surface area contributed by atoms with Crippen LogP contribution in [-0.4, -0.2) is 39.2 Å². The lowest BCUT2D eigenvalue weighted by Crippen LogP contribution is -2.86. The van der Waals surface area contributed by atoms with E-state index in [4.69, 9.17) is 14.9 Å². The van der Waals surface area contributed by atoms with Gasteiger partial charge in [-0.3, -0.25) is 10.7 Å². The third kappa shape index (κ3) is 6.82. The van der Waals surface area contributed by atoms with Crippen LogP contribution in [0.15, 0.2) is 62.9 Å². The number of hydrogen-bond donors (Lipinski definition) is 3. The molecule has 9 nitrogen and oxygen atoms in total. The van der Waals surface area contributed by atoms with Crippen LogP contribution >= 0.6 is 11.3 Å². The van der Waals surface area contributed by atoms with Gasteiger partial charge in [-0.15, -0.1) is 0 Å². The maximum Gasteiger partial charge on any atom is 0.338 e. The summed E-state index contributed by atoms with van der Waals surface area (Å²) in [6, 6.07) is 6.20. The Hall–Kier alpha value is -3.63. The van der Waals surface area contributed by atoms with E-state index in [-0.39, 0.29) is 35.9 Å². The fraction of sp³-hybridized carbons (Fsp3) is 0.452. The monoisotopic (exact) mass is 576 g/mol. The maximum absolute atomic E-state index is 13.4. The summed E-state index contributed by atoms with van der Waals surface area (Å²) >= 11 is 1.46. The topological polar surface area (TPSA) is 134 Å². The lowest BCUT2D eigenvalue weighted by atomic mass is 9.76. The number of esters is 1. The lowest BCUT2D eigenvalue weighted by molar-refractivity contribution is -0.486. The number of hydrogen-bond acceptors (Lipinski definition) is 7. The van der Waals surface area contributed by atoms with Crippen LogP contribution in [-0.2, 0) is 22.4 Å². The number of aliphatic hydroxyl groups is 1. The number of aromatic nitrogens is 1. The van der Waals surface area contributed by atoms with Gasteiger partial charge in [-0.25, -0.2) is 9.78 Å². The van der Waals surface area contributed by atoms with Gasteiger partial charge >= 0.3 is 11.9 Å². The van der Waals surface area contributed by atoms with Crippen LogP contribution in [0.1, 0.15) is 76.8 Å². The van der Waals surface area contributed by atoms with Crippen LogP contribution in [0.3, 0.4) is 0 Å². The molecule has 4 N–H and O–H groups in total. The minimum absolute atomic E-state index is 0.0166. The number of ether oxygens (including phenoxy) is 2. The quantitative estimate of drug-likeness (QED) is 0.198. The summed E-state index contributed by atoms with van der Waals surface area (Å²) in [6.07, 6.45) is 10.1. The number of aryl methyl sites for hydroxylation is 2. The van der Waals surface area contributed by atoms with Crippen molar-refractivity contribution in [2.45, 2.75) is 84.2 Å². The molecule has 1 aliphatic carbocycles. The number of nitrogens with two attached hydrogens (primary N) is 1. The molecule has 1 aromatic carbocycles. The summed E-state index contributed by atoms with van der Waals surface area (Å²) in [5.74, 6) is 0.846. The molecule has 0 saturated heterocycles. The molecular weight excluding hydrogens is 538 g/mol. The van der Waals surface area contributed by atoms with Crippen LogP contribution in [0.2, 0.25) is 0 Å². The number of quaternary nitrogens is 1. The number of amidine groups is 1. The van der Waals surface area contributed by atoms with Gasteiger partial charge in [0.05, 0.1) is 11.3 Å². The predicted octanol–water partition coefficient (Wildman–Crippen LogP) is 5.78. The van der Waals surface area contributed by atoms with Crippen molar-refractivity contribution in [2.24, 2.45) is 15.9 Å². The summed E-state index contributed by atoms with van der Waals surface area (Å²) in [5, 5.41) is 23.9. The number of rotatable bonds is 9. The van der Waals surface area contributed by atoms with E-state index < -0.39 is 11.6 Å². The van der Waals surface area contributed by atoms with E-state index in [9.17, 15) is 9.90 Å². The molecule has 2 aliphatic heterocycles. The predicted molar refractivity (Wildman–Crippen MR) is 160 cm³/mol. The zero-order valence-electron chi connectivity index (χ0n) is 23.9. The highest BCUT2D eigenvalue weighted by Crippen LogP contribution is 2.46. The van der Waals surface area contributed by atoms with Crippen molar-refractivity contribution in [3.05, 3.63) is 64.0 Å². The van der Waals surface area contributed by atoms with Gasteiger partial charge in [0.25, 0.3) is 5.19 Å². The number of nitrogens with zero attached hydrogens (tertiary/aromatic N) is 3. The van der Waals surface area contributed by atoms with Gasteiger partial charge in [0.15, 0.2) is 0 Å². The molecule has 2 aromatic rings. The smallest absolute Gasteiger partial charge is 0.338 e. The molecule has 1 aromatic heterocycles. The number of cyclic esters (lactones) is 1. The molecule has 3 heterocycles. The summed E-state index contributed by atoms with van der Waals surface area (Å²) in [4.78, 5) is 26.2. The molecule has 216 valence electrons. The van der Waals surface area contributed by atoms with Gasteiger partial charge in [0.1, 0.15) is 28.6 Å². The van der Waals surface area contributed by atoms with E-state index in [1.54, 1.807) is 11.5 Å². The molecule has 0 radical (unpaired) electrons. The van der Waals surface area contributed by atoms with Crippen molar-refractivity contribution in [3.8, 4) is 10.9 Å². The first kappa shape index (κ1) is 28.9. The average molecular weight is 577 g/mol. The molecule has 0 bridgehead atoms. The van der Waals surface area contributed by atoms with E-state index in [0.29, 0.717) is 24.0 Å². The number of guanidine groups is 1. The fourth-order valence-corrected chi connectivity index (χ4v) is 6.58. The first-order valence-corrected chi connectivity index (χ1v) is 15.2. The second-order valence-corrected chi connectivity index (χ2v) is 12.0. The van der Waals surface area contributed by atoms with E-state index in [1.807, 2.05) is 31.4 Å². The van der Waals surface area contributed by atoms with Crippen molar-refractivity contribution >= 4 is 34.8 Å². The van der Waals surface area contributed by atoms with E-state index in [1.165, 1.54) is 11.3 Å². The van der Waals surface area contributed by atoms with E-state index in [2.05, 4.69) is 34.0 Å². The lowest BCUT2D eigenvalue weighted by Gasteiger charge is -2.42. The molecule has 1 saturated carbocycles. The van der Waals surface area contributed by atoms with Gasteiger partial charge in [0.2, 0.25) is 0 Å². The zero-order valence-corrected chi connectivity index (χ0v) is 24.7. The molecule has 0 spiro atoms. The summed E-state index contributed by atoms with van der Waals surface area (Å²) in [7, 11) is 0. The summed E-state index contributed by atoms with van der Waals surface area (Å²) in [6.45, 7) is 5.92. The Labute approximate surface area is 244 Å². The van der Waals surface area contributed by atoms with Gasteiger partial charge in [-0.2, -0.15) is 9.98 Å². The number of nitrogens with one attached hydrogen (secondary N) is 1. The number of aliphatic imine (C=N–C) groups is 2. The van der Waals surface area contributed by atoms with Gasteiger partial charge < -0.3 is 14.6 Å². The van der Waals surface area contributed by atoms with Crippen LogP contribution in [0.5, 0.6) is 10.9 Å². The molecule has 41 heavy (non-hydrogen) atoms. The summed E-state index contributed by atoms with van der Waals surface area (Å²) in [5.41, 5.74) is 3.39. The zero-order chi connectivity index (χ0) is 29.0. The first-order valence-electron chi connectivity index (χ1n) is 14.3. The SMILES string of the molecule is CCc1cc(CCC2(C3CCCC3)CC(O)=C(CC(=N)N=C3N=C(C)C=C(C)[NH2+]3)C(=O)O2)ccc1Oc1nccs1. The standard InChI is InChI=1S/C31H37N5O4S/c1-4-22-16-21(9-10-26(22)39-30-33-13-14-41-30)11-12-31(23-7-5-6-8-23)18-25(37)24(28(38)40-31)17-27(32)36-29-34-19(2)15-20(3)35-29/h9-10,13-16,23,37H,4-8,11-12,17-18H2,1-3H3,(H2,32,34,35,36)/p+1. The van der Waals surface area contributed by atoms with Gasteiger partial charge in [-0.1, -0.05) is 43.2 Å². The van der Waals surface area contributed by atoms with Crippen molar-refractivity contribution in [3.63, 3.8) is 0 Å². The number of benzene rings is 1. The van der Waals surface area contributed by atoms with Crippen LogP contribution < -0.4 is 10.1 Å². The number of carbonyl (C=O) groups is 1. The summed E-state index contributed by atoms with van der Waals surface area (Å²) < 4.78 is 12.2. The normalized spacial score (nSPS) is 22.5. The largest absolute Gasteiger partial charge is 0.512 e. The molecule has 5 rings (SSSR count). The average Bonchev–Trinajstić information content (AvgIpc) is 3.65. The fourth-order valence-electron chi connectivity index (χ4n) is 6.09. The van der Waals surface area contributed by atoms with E-state index >= 15 is 0 Å².